The van der Waals surface area contributed by atoms with Gasteiger partial charge in [-0.05, 0) is 12.1 Å². The van der Waals surface area contributed by atoms with Crippen molar-refractivity contribution in [1.29, 1.82) is 0 Å². The average molecular weight is 244 g/mol. The summed E-state index contributed by atoms with van der Waals surface area (Å²) in [6.07, 6.45) is 6.33. The van der Waals surface area contributed by atoms with Crippen molar-refractivity contribution in [1.82, 2.24) is 14.6 Å². The lowest BCUT2D eigenvalue weighted by Crippen LogP contribution is -2.12. The predicted octanol–water partition coefficient (Wildman–Crippen LogP) is 2.03. The van der Waals surface area contributed by atoms with E-state index in [0.29, 0.717) is 0 Å². The first-order valence-electron chi connectivity index (χ1n) is 5.41. The first kappa shape index (κ1) is 10.4. The standard InChI is InChI=1S/C12H12N4S/c13-10(7-12-14-4-6-17-12)9-8-15-16-5-2-1-3-11(9)16/h1-6,8,10H,7,13H2. The van der Waals surface area contributed by atoms with Crippen LogP contribution >= 0.6 is 11.3 Å². The van der Waals surface area contributed by atoms with Gasteiger partial charge in [0.15, 0.2) is 0 Å². The van der Waals surface area contributed by atoms with Crippen molar-refractivity contribution in [2.75, 3.05) is 0 Å². The zero-order valence-electron chi connectivity index (χ0n) is 9.15. The minimum Gasteiger partial charge on any atom is -0.323 e. The molecule has 0 amide bonds. The highest BCUT2D eigenvalue weighted by atomic mass is 32.1. The Bertz CT molecular complexity index is 614. The lowest BCUT2D eigenvalue weighted by atomic mass is 10.1. The van der Waals surface area contributed by atoms with E-state index in [9.17, 15) is 0 Å². The van der Waals surface area contributed by atoms with Crippen LogP contribution in [0, 0.1) is 0 Å². The summed E-state index contributed by atoms with van der Waals surface area (Å²) >= 11 is 1.64. The van der Waals surface area contributed by atoms with E-state index in [0.717, 1.165) is 22.5 Å². The highest BCUT2D eigenvalue weighted by Gasteiger charge is 2.13. The van der Waals surface area contributed by atoms with Gasteiger partial charge in [0.2, 0.25) is 0 Å². The van der Waals surface area contributed by atoms with Crippen LogP contribution in [0.15, 0.2) is 42.2 Å². The Kier molecular flexibility index (Phi) is 2.62. The Morgan fingerprint density at radius 1 is 1.41 bits per heavy atom. The minimum absolute atomic E-state index is 0.0546. The summed E-state index contributed by atoms with van der Waals surface area (Å²) in [4.78, 5) is 4.26. The molecule has 0 spiro atoms. The predicted molar refractivity (Wildman–Crippen MR) is 67.9 cm³/mol. The molecule has 0 saturated carbocycles. The van der Waals surface area contributed by atoms with Gasteiger partial charge in [-0.1, -0.05) is 6.07 Å². The molecule has 17 heavy (non-hydrogen) atoms. The summed E-state index contributed by atoms with van der Waals surface area (Å²) in [5.74, 6) is 0. The summed E-state index contributed by atoms with van der Waals surface area (Å²) in [5.41, 5.74) is 8.35. The summed E-state index contributed by atoms with van der Waals surface area (Å²) in [6.45, 7) is 0. The van der Waals surface area contributed by atoms with Gasteiger partial charge in [-0.2, -0.15) is 5.10 Å². The van der Waals surface area contributed by atoms with Crippen LogP contribution in [0.2, 0.25) is 0 Å². The molecule has 3 aromatic rings. The molecule has 3 aromatic heterocycles. The van der Waals surface area contributed by atoms with Crippen molar-refractivity contribution >= 4 is 16.9 Å². The first-order valence-corrected chi connectivity index (χ1v) is 6.29. The van der Waals surface area contributed by atoms with Crippen LogP contribution in [0.4, 0.5) is 0 Å². The Morgan fingerprint density at radius 3 is 3.18 bits per heavy atom. The van der Waals surface area contributed by atoms with Crippen molar-refractivity contribution < 1.29 is 0 Å². The van der Waals surface area contributed by atoms with Gasteiger partial charge in [-0.15, -0.1) is 11.3 Å². The van der Waals surface area contributed by atoms with Gasteiger partial charge in [-0.25, -0.2) is 9.50 Å². The molecule has 0 bridgehead atoms. The van der Waals surface area contributed by atoms with E-state index in [-0.39, 0.29) is 6.04 Å². The summed E-state index contributed by atoms with van der Waals surface area (Å²) < 4.78 is 1.84. The fourth-order valence-corrected chi connectivity index (χ4v) is 2.57. The van der Waals surface area contributed by atoms with Crippen LogP contribution in [0.25, 0.3) is 5.52 Å². The van der Waals surface area contributed by atoms with Gasteiger partial charge in [0.1, 0.15) is 0 Å². The number of nitrogens with zero attached hydrogens (tertiary/aromatic N) is 3. The molecule has 3 heterocycles. The van der Waals surface area contributed by atoms with Crippen molar-refractivity contribution in [3.63, 3.8) is 0 Å². The molecule has 4 nitrogen and oxygen atoms in total. The molecule has 0 aliphatic carbocycles. The van der Waals surface area contributed by atoms with Gasteiger partial charge in [0.05, 0.1) is 16.7 Å². The molecule has 0 aliphatic rings. The second kappa shape index (κ2) is 4.27. The maximum Gasteiger partial charge on any atom is 0.0943 e. The van der Waals surface area contributed by atoms with Crippen LogP contribution in [-0.4, -0.2) is 14.6 Å². The summed E-state index contributed by atoms with van der Waals surface area (Å²) in [7, 11) is 0. The zero-order chi connectivity index (χ0) is 11.7. The SMILES string of the molecule is NC(Cc1nccs1)c1cnn2ccccc12. The number of aromatic nitrogens is 3. The summed E-state index contributed by atoms with van der Waals surface area (Å²) in [5, 5.41) is 7.32. The zero-order valence-corrected chi connectivity index (χ0v) is 9.97. The Balaban J connectivity index is 1.93. The van der Waals surface area contributed by atoms with Crippen LogP contribution in [0.1, 0.15) is 16.6 Å². The molecule has 1 atom stereocenters. The number of thiazole rings is 1. The Labute approximate surface area is 103 Å². The van der Waals surface area contributed by atoms with Gasteiger partial charge in [-0.3, -0.25) is 0 Å². The quantitative estimate of drug-likeness (QED) is 0.767. The fourth-order valence-electron chi connectivity index (χ4n) is 1.89. The molecular formula is C12H12N4S. The van der Waals surface area contributed by atoms with Crippen LogP contribution in [-0.2, 0) is 6.42 Å². The van der Waals surface area contributed by atoms with E-state index in [4.69, 9.17) is 5.73 Å². The topological polar surface area (TPSA) is 56.2 Å². The molecule has 0 radical (unpaired) electrons. The molecular weight excluding hydrogens is 232 g/mol. The smallest absolute Gasteiger partial charge is 0.0943 e. The highest BCUT2D eigenvalue weighted by molar-refractivity contribution is 7.09. The van der Waals surface area contributed by atoms with E-state index in [1.54, 1.807) is 11.3 Å². The van der Waals surface area contributed by atoms with E-state index in [2.05, 4.69) is 10.1 Å². The number of hydrogen-bond donors (Lipinski definition) is 1. The molecule has 0 aromatic carbocycles. The molecule has 2 N–H and O–H groups in total. The maximum absolute atomic E-state index is 6.21. The second-order valence-corrected chi connectivity index (χ2v) is 4.85. The van der Waals surface area contributed by atoms with E-state index >= 15 is 0 Å². The van der Waals surface area contributed by atoms with Gasteiger partial charge in [0, 0.05) is 35.8 Å². The van der Waals surface area contributed by atoms with Crippen molar-refractivity contribution in [2.45, 2.75) is 12.5 Å². The average Bonchev–Trinajstić information content (AvgIpc) is 2.96. The third kappa shape index (κ3) is 1.94. The number of fused-ring (bicyclic) bond motifs is 1. The van der Waals surface area contributed by atoms with Gasteiger partial charge < -0.3 is 5.73 Å². The monoisotopic (exact) mass is 244 g/mol. The van der Waals surface area contributed by atoms with E-state index in [1.807, 2.05) is 46.7 Å². The van der Waals surface area contributed by atoms with Crippen LogP contribution < -0.4 is 5.73 Å². The second-order valence-electron chi connectivity index (χ2n) is 3.87. The summed E-state index contributed by atoms with van der Waals surface area (Å²) in [6, 6.07) is 5.93. The molecule has 0 fully saturated rings. The van der Waals surface area contributed by atoms with Crippen LogP contribution in [0.5, 0.6) is 0 Å². The lowest BCUT2D eigenvalue weighted by Gasteiger charge is -2.07. The Morgan fingerprint density at radius 2 is 2.35 bits per heavy atom. The number of rotatable bonds is 3. The molecule has 86 valence electrons. The van der Waals surface area contributed by atoms with Crippen molar-refractivity contribution in [3.8, 4) is 0 Å². The molecule has 0 aliphatic heterocycles. The largest absolute Gasteiger partial charge is 0.323 e. The van der Waals surface area contributed by atoms with E-state index in [1.165, 1.54) is 0 Å². The first-order chi connectivity index (χ1) is 8.34. The fraction of sp³-hybridized carbons (Fsp3) is 0.167. The number of hydrogen-bond acceptors (Lipinski definition) is 4. The number of pyridine rings is 1. The van der Waals surface area contributed by atoms with E-state index < -0.39 is 0 Å². The maximum atomic E-state index is 6.21. The minimum atomic E-state index is -0.0546. The number of nitrogens with two attached hydrogens (primary N) is 1. The van der Waals surface area contributed by atoms with Crippen LogP contribution in [0.3, 0.4) is 0 Å². The van der Waals surface area contributed by atoms with Gasteiger partial charge in [0.25, 0.3) is 0 Å². The lowest BCUT2D eigenvalue weighted by molar-refractivity contribution is 0.723. The molecule has 1 unspecified atom stereocenters. The highest BCUT2D eigenvalue weighted by Crippen LogP contribution is 2.21. The Hall–Kier alpha value is -1.72. The molecule has 0 saturated heterocycles. The third-order valence-electron chi connectivity index (χ3n) is 2.73. The molecule has 5 heteroatoms. The van der Waals surface area contributed by atoms with Crippen molar-refractivity contribution in [3.05, 3.63) is 52.7 Å². The van der Waals surface area contributed by atoms with Gasteiger partial charge >= 0.3 is 0 Å². The molecule has 3 rings (SSSR count). The third-order valence-corrected chi connectivity index (χ3v) is 3.54. The van der Waals surface area contributed by atoms with Crippen molar-refractivity contribution in [2.24, 2.45) is 5.73 Å². The normalized spacial score (nSPS) is 13.0.